The molecule has 1 aromatic rings. The maximum Gasteiger partial charge on any atom is 0.305 e. The molecule has 1 atom stereocenters. The van der Waals surface area contributed by atoms with Crippen LogP contribution < -0.4 is 5.73 Å². The van der Waals surface area contributed by atoms with E-state index in [1.54, 1.807) is 24.3 Å². The van der Waals surface area contributed by atoms with Gasteiger partial charge in [-0.15, -0.1) is 0 Å². The number of carbonyl (C=O) groups is 1. The van der Waals surface area contributed by atoms with Gasteiger partial charge >= 0.3 is 5.97 Å². The van der Waals surface area contributed by atoms with Crippen molar-refractivity contribution in [3.8, 4) is 6.07 Å². The van der Waals surface area contributed by atoms with E-state index in [0.717, 1.165) is 0 Å². The van der Waals surface area contributed by atoms with Crippen molar-refractivity contribution < 1.29 is 9.90 Å². The highest BCUT2D eigenvalue weighted by atomic mass is 16.4. The van der Waals surface area contributed by atoms with Gasteiger partial charge in [0.1, 0.15) is 0 Å². The predicted molar refractivity (Wildman–Crippen MR) is 50.3 cm³/mol. The first-order valence-corrected chi connectivity index (χ1v) is 4.11. The fourth-order valence-electron chi connectivity index (χ4n) is 1.14. The van der Waals surface area contributed by atoms with Crippen molar-refractivity contribution in [3.05, 3.63) is 35.4 Å². The Morgan fingerprint density at radius 1 is 1.64 bits per heavy atom. The quantitative estimate of drug-likeness (QED) is 0.745. The number of nitrogens with zero attached hydrogens (tertiary/aromatic N) is 1. The van der Waals surface area contributed by atoms with Crippen LogP contribution in [-0.4, -0.2) is 11.1 Å². The summed E-state index contributed by atoms with van der Waals surface area (Å²) in [4.78, 5) is 10.4. The molecule has 0 spiro atoms. The summed E-state index contributed by atoms with van der Waals surface area (Å²) >= 11 is 0. The summed E-state index contributed by atoms with van der Waals surface area (Å²) in [6.45, 7) is 0. The third-order valence-electron chi connectivity index (χ3n) is 1.84. The summed E-state index contributed by atoms with van der Waals surface area (Å²) in [6, 6.07) is 8.08. The van der Waals surface area contributed by atoms with E-state index in [9.17, 15) is 4.79 Å². The first-order valence-electron chi connectivity index (χ1n) is 4.11. The molecule has 72 valence electrons. The van der Waals surface area contributed by atoms with Crippen LogP contribution in [0.15, 0.2) is 24.3 Å². The number of carboxylic acids is 1. The van der Waals surface area contributed by atoms with Gasteiger partial charge < -0.3 is 10.8 Å². The van der Waals surface area contributed by atoms with E-state index < -0.39 is 12.0 Å². The standard InChI is InChI=1S/C10H10N2O2/c11-6-7-2-1-3-8(4-7)9(12)5-10(13)14/h1-4,9H,5,12H2,(H,13,14)/t9-/m1/s1. The lowest BCUT2D eigenvalue weighted by Gasteiger charge is -2.08. The molecule has 0 saturated carbocycles. The molecule has 3 N–H and O–H groups in total. The Balaban J connectivity index is 2.85. The zero-order valence-electron chi connectivity index (χ0n) is 7.47. The van der Waals surface area contributed by atoms with Gasteiger partial charge in [0.15, 0.2) is 0 Å². The molecule has 0 fully saturated rings. The average Bonchev–Trinajstić information content (AvgIpc) is 2.17. The van der Waals surface area contributed by atoms with E-state index in [2.05, 4.69) is 0 Å². The Kier molecular flexibility index (Phi) is 3.21. The van der Waals surface area contributed by atoms with Crippen molar-refractivity contribution >= 4 is 5.97 Å². The summed E-state index contributed by atoms with van der Waals surface area (Å²) in [5.41, 5.74) is 6.79. The highest BCUT2D eigenvalue weighted by Gasteiger charge is 2.10. The summed E-state index contributed by atoms with van der Waals surface area (Å²) in [7, 11) is 0. The minimum atomic E-state index is -0.945. The number of hydrogen-bond acceptors (Lipinski definition) is 3. The van der Waals surface area contributed by atoms with E-state index in [1.807, 2.05) is 6.07 Å². The van der Waals surface area contributed by atoms with Crippen molar-refractivity contribution in [2.75, 3.05) is 0 Å². The van der Waals surface area contributed by atoms with Gasteiger partial charge in [-0.1, -0.05) is 12.1 Å². The monoisotopic (exact) mass is 190 g/mol. The normalized spacial score (nSPS) is 11.7. The van der Waals surface area contributed by atoms with Crippen molar-refractivity contribution in [2.45, 2.75) is 12.5 Å². The average molecular weight is 190 g/mol. The van der Waals surface area contributed by atoms with Gasteiger partial charge in [-0.05, 0) is 17.7 Å². The highest BCUT2D eigenvalue weighted by Crippen LogP contribution is 2.14. The predicted octanol–water partition coefficient (Wildman–Crippen LogP) is 1.03. The molecular weight excluding hydrogens is 180 g/mol. The van der Waals surface area contributed by atoms with Crippen LogP contribution in [0.4, 0.5) is 0 Å². The maximum absolute atomic E-state index is 10.4. The number of nitrogens with two attached hydrogens (primary N) is 1. The Morgan fingerprint density at radius 2 is 2.36 bits per heavy atom. The topological polar surface area (TPSA) is 87.1 Å². The summed E-state index contributed by atoms with van der Waals surface area (Å²) in [5, 5.41) is 17.1. The number of carboxylic acid groups (broad SMARTS) is 1. The molecule has 0 aliphatic rings. The van der Waals surface area contributed by atoms with E-state index in [1.165, 1.54) is 0 Å². The van der Waals surface area contributed by atoms with Gasteiger partial charge in [-0.2, -0.15) is 5.26 Å². The molecule has 0 unspecified atom stereocenters. The second-order valence-corrected chi connectivity index (χ2v) is 2.94. The number of nitriles is 1. The Hall–Kier alpha value is -1.86. The van der Waals surface area contributed by atoms with Crippen molar-refractivity contribution in [1.82, 2.24) is 0 Å². The third-order valence-corrected chi connectivity index (χ3v) is 1.84. The summed E-state index contributed by atoms with van der Waals surface area (Å²) in [5.74, 6) is -0.945. The number of hydrogen-bond donors (Lipinski definition) is 2. The number of benzene rings is 1. The lowest BCUT2D eigenvalue weighted by molar-refractivity contribution is -0.137. The molecule has 1 aromatic carbocycles. The molecule has 14 heavy (non-hydrogen) atoms. The molecule has 4 heteroatoms. The Labute approximate surface area is 81.6 Å². The van der Waals surface area contributed by atoms with Crippen LogP contribution >= 0.6 is 0 Å². The molecule has 1 rings (SSSR count). The molecule has 0 heterocycles. The van der Waals surface area contributed by atoms with E-state index >= 15 is 0 Å². The number of rotatable bonds is 3. The Bertz CT molecular complexity index is 382. The minimum absolute atomic E-state index is 0.130. The highest BCUT2D eigenvalue weighted by molar-refractivity contribution is 5.67. The van der Waals surface area contributed by atoms with Gasteiger partial charge in [-0.3, -0.25) is 4.79 Å². The molecule has 0 saturated heterocycles. The lowest BCUT2D eigenvalue weighted by Crippen LogP contribution is -2.14. The van der Waals surface area contributed by atoms with E-state index in [0.29, 0.717) is 11.1 Å². The molecule has 0 bridgehead atoms. The number of aliphatic carboxylic acids is 1. The largest absolute Gasteiger partial charge is 0.481 e. The molecule has 4 nitrogen and oxygen atoms in total. The van der Waals surface area contributed by atoms with Crippen LogP contribution in [0, 0.1) is 11.3 Å². The van der Waals surface area contributed by atoms with E-state index in [4.69, 9.17) is 16.1 Å². The first-order chi connectivity index (χ1) is 6.63. The SMILES string of the molecule is N#Cc1cccc([C@H](N)CC(=O)O)c1. The molecule has 0 amide bonds. The Morgan fingerprint density at radius 3 is 2.93 bits per heavy atom. The molecule has 0 radical (unpaired) electrons. The fourth-order valence-corrected chi connectivity index (χ4v) is 1.14. The van der Waals surface area contributed by atoms with Gasteiger partial charge in [0.2, 0.25) is 0 Å². The third kappa shape index (κ3) is 2.57. The molecular formula is C10H10N2O2. The van der Waals surface area contributed by atoms with Crippen molar-refractivity contribution in [2.24, 2.45) is 5.73 Å². The zero-order valence-corrected chi connectivity index (χ0v) is 7.47. The second kappa shape index (κ2) is 4.40. The summed E-state index contributed by atoms with van der Waals surface area (Å²) < 4.78 is 0. The maximum atomic E-state index is 10.4. The lowest BCUT2D eigenvalue weighted by atomic mass is 10.0. The van der Waals surface area contributed by atoms with Crippen LogP contribution in [0.25, 0.3) is 0 Å². The van der Waals surface area contributed by atoms with E-state index in [-0.39, 0.29) is 6.42 Å². The fraction of sp³-hybridized carbons (Fsp3) is 0.200. The zero-order chi connectivity index (χ0) is 10.6. The van der Waals surface area contributed by atoms with Gasteiger partial charge in [0.05, 0.1) is 18.1 Å². The van der Waals surface area contributed by atoms with Crippen LogP contribution in [0.5, 0.6) is 0 Å². The first kappa shape index (κ1) is 10.2. The molecule has 0 aliphatic carbocycles. The smallest absolute Gasteiger partial charge is 0.305 e. The van der Waals surface area contributed by atoms with Gasteiger partial charge in [0, 0.05) is 6.04 Å². The second-order valence-electron chi connectivity index (χ2n) is 2.94. The minimum Gasteiger partial charge on any atom is -0.481 e. The van der Waals surface area contributed by atoms with Gasteiger partial charge in [-0.25, -0.2) is 0 Å². The molecule has 0 aliphatic heterocycles. The van der Waals surface area contributed by atoms with Crippen LogP contribution in [0.2, 0.25) is 0 Å². The van der Waals surface area contributed by atoms with Crippen molar-refractivity contribution in [1.29, 1.82) is 5.26 Å². The van der Waals surface area contributed by atoms with Crippen molar-refractivity contribution in [3.63, 3.8) is 0 Å². The van der Waals surface area contributed by atoms with Gasteiger partial charge in [0.25, 0.3) is 0 Å². The van der Waals surface area contributed by atoms with Crippen LogP contribution in [0.1, 0.15) is 23.6 Å². The molecule has 0 aromatic heterocycles. The van der Waals surface area contributed by atoms with Crippen LogP contribution in [0.3, 0.4) is 0 Å². The summed E-state index contributed by atoms with van der Waals surface area (Å²) in [6.07, 6.45) is -0.130. The van der Waals surface area contributed by atoms with Crippen LogP contribution in [-0.2, 0) is 4.79 Å².